The third-order valence-electron chi connectivity index (χ3n) is 3.79. The highest BCUT2D eigenvalue weighted by Gasteiger charge is 2.09. The number of rotatable bonds is 11. The van der Waals surface area contributed by atoms with Crippen LogP contribution < -0.4 is 15.4 Å². The standard InChI is InChI=1S/C19H33N3O3/c1-5-25-12-6-11-20-19(22-14-18(23)15(2)3)21-13-16-7-9-17(24-4)10-8-16/h7-10,15,18,23H,5-6,11-14H2,1-4H3,(H2,20,21,22). The average Bonchev–Trinajstić information content (AvgIpc) is 2.63. The van der Waals surface area contributed by atoms with Gasteiger partial charge in [-0.15, -0.1) is 0 Å². The van der Waals surface area contributed by atoms with Crippen molar-refractivity contribution in [3.8, 4) is 5.75 Å². The van der Waals surface area contributed by atoms with Gasteiger partial charge in [-0.05, 0) is 37.0 Å². The lowest BCUT2D eigenvalue weighted by Crippen LogP contribution is -2.43. The monoisotopic (exact) mass is 351 g/mol. The Labute approximate surface area is 151 Å². The van der Waals surface area contributed by atoms with Gasteiger partial charge in [-0.1, -0.05) is 26.0 Å². The van der Waals surface area contributed by atoms with Crippen molar-refractivity contribution in [2.45, 2.75) is 39.8 Å². The van der Waals surface area contributed by atoms with Crippen molar-refractivity contribution in [1.29, 1.82) is 0 Å². The van der Waals surface area contributed by atoms with Gasteiger partial charge in [0.1, 0.15) is 5.75 Å². The summed E-state index contributed by atoms with van der Waals surface area (Å²) in [7, 11) is 1.65. The minimum absolute atomic E-state index is 0.202. The van der Waals surface area contributed by atoms with Gasteiger partial charge in [-0.2, -0.15) is 0 Å². The molecule has 0 spiro atoms. The molecular formula is C19H33N3O3. The quantitative estimate of drug-likeness (QED) is 0.324. The van der Waals surface area contributed by atoms with E-state index in [-0.39, 0.29) is 5.92 Å². The summed E-state index contributed by atoms with van der Waals surface area (Å²) in [6.07, 6.45) is 0.500. The maximum Gasteiger partial charge on any atom is 0.191 e. The van der Waals surface area contributed by atoms with E-state index in [1.54, 1.807) is 7.11 Å². The molecular weight excluding hydrogens is 318 g/mol. The van der Waals surface area contributed by atoms with Crippen molar-refractivity contribution in [3.63, 3.8) is 0 Å². The number of hydrogen-bond donors (Lipinski definition) is 3. The van der Waals surface area contributed by atoms with Crippen LogP contribution in [0, 0.1) is 5.92 Å². The van der Waals surface area contributed by atoms with Crippen molar-refractivity contribution >= 4 is 5.96 Å². The number of hydrogen-bond acceptors (Lipinski definition) is 4. The van der Waals surface area contributed by atoms with E-state index in [0.717, 1.165) is 37.5 Å². The van der Waals surface area contributed by atoms with Crippen molar-refractivity contribution in [2.24, 2.45) is 10.9 Å². The molecule has 0 aromatic heterocycles. The zero-order valence-corrected chi connectivity index (χ0v) is 15.9. The molecule has 0 radical (unpaired) electrons. The molecule has 6 heteroatoms. The summed E-state index contributed by atoms with van der Waals surface area (Å²) < 4.78 is 10.5. The van der Waals surface area contributed by atoms with Gasteiger partial charge in [-0.3, -0.25) is 0 Å². The summed E-state index contributed by atoms with van der Waals surface area (Å²) in [6.45, 7) is 9.24. The summed E-state index contributed by atoms with van der Waals surface area (Å²) >= 11 is 0. The van der Waals surface area contributed by atoms with Gasteiger partial charge in [0.15, 0.2) is 5.96 Å². The second-order valence-electron chi connectivity index (χ2n) is 6.18. The second kappa shape index (κ2) is 12.6. The zero-order chi connectivity index (χ0) is 18.5. The Balaban J connectivity index is 2.56. The van der Waals surface area contributed by atoms with E-state index in [2.05, 4.69) is 15.6 Å². The first-order valence-electron chi connectivity index (χ1n) is 8.97. The maximum atomic E-state index is 9.98. The number of ether oxygens (including phenoxy) is 2. The lowest BCUT2D eigenvalue weighted by atomic mass is 10.1. The number of nitrogens with one attached hydrogen (secondary N) is 2. The number of guanidine groups is 1. The molecule has 1 aromatic rings. The summed E-state index contributed by atoms with van der Waals surface area (Å²) in [5.74, 6) is 1.74. The van der Waals surface area contributed by atoms with E-state index in [0.29, 0.717) is 19.0 Å². The molecule has 1 unspecified atom stereocenters. The van der Waals surface area contributed by atoms with E-state index in [1.165, 1.54) is 0 Å². The van der Waals surface area contributed by atoms with Crippen molar-refractivity contribution in [3.05, 3.63) is 29.8 Å². The molecule has 6 nitrogen and oxygen atoms in total. The molecule has 0 saturated heterocycles. The number of nitrogens with zero attached hydrogens (tertiary/aromatic N) is 1. The highest BCUT2D eigenvalue weighted by atomic mass is 16.5. The van der Waals surface area contributed by atoms with Gasteiger partial charge in [0.2, 0.25) is 0 Å². The van der Waals surface area contributed by atoms with Crippen molar-refractivity contribution in [1.82, 2.24) is 10.6 Å². The van der Waals surface area contributed by atoms with E-state index in [4.69, 9.17) is 9.47 Å². The van der Waals surface area contributed by atoms with Gasteiger partial charge in [0.05, 0.1) is 19.8 Å². The van der Waals surface area contributed by atoms with Crippen LogP contribution in [0.1, 0.15) is 32.8 Å². The normalized spacial score (nSPS) is 13.0. The molecule has 1 atom stereocenters. The van der Waals surface area contributed by atoms with Crippen molar-refractivity contribution < 1.29 is 14.6 Å². The lowest BCUT2D eigenvalue weighted by Gasteiger charge is -2.18. The molecule has 0 amide bonds. The second-order valence-corrected chi connectivity index (χ2v) is 6.18. The van der Waals surface area contributed by atoms with Gasteiger partial charge >= 0.3 is 0 Å². The minimum Gasteiger partial charge on any atom is -0.497 e. The molecule has 0 bridgehead atoms. The van der Waals surface area contributed by atoms with Crippen LogP contribution in [0.3, 0.4) is 0 Å². The number of aliphatic hydroxyl groups is 1. The lowest BCUT2D eigenvalue weighted by molar-refractivity contribution is 0.128. The molecule has 1 rings (SSSR count). The Bertz CT molecular complexity index is 489. The molecule has 0 aliphatic carbocycles. The fourth-order valence-corrected chi connectivity index (χ4v) is 2.04. The van der Waals surface area contributed by atoms with Crippen LogP contribution in [0.5, 0.6) is 5.75 Å². The first kappa shape index (κ1) is 21.3. The molecule has 25 heavy (non-hydrogen) atoms. The molecule has 0 saturated carbocycles. The van der Waals surface area contributed by atoms with Gasteiger partial charge in [0.25, 0.3) is 0 Å². The predicted octanol–water partition coefficient (Wildman–Crippen LogP) is 2.17. The van der Waals surface area contributed by atoms with Crippen LogP contribution in [0.25, 0.3) is 0 Å². The minimum atomic E-state index is -0.406. The van der Waals surface area contributed by atoms with Crippen LogP contribution in [-0.2, 0) is 11.3 Å². The smallest absolute Gasteiger partial charge is 0.191 e. The van der Waals surface area contributed by atoms with Crippen molar-refractivity contribution in [2.75, 3.05) is 33.4 Å². The van der Waals surface area contributed by atoms with E-state index >= 15 is 0 Å². The molecule has 0 aliphatic rings. The number of aliphatic hydroxyl groups excluding tert-OH is 1. The van der Waals surface area contributed by atoms with E-state index in [1.807, 2.05) is 45.0 Å². The van der Waals surface area contributed by atoms with Crippen LogP contribution in [0.2, 0.25) is 0 Å². The molecule has 0 fully saturated rings. The molecule has 142 valence electrons. The fraction of sp³-hybridized carbons (Fsp3) is 0.632. The summed E-state index contributed by atoms with van der Waals surface area (Å²) in [6, 6.07) is 7.85. The van der Waals surface area contributed by atoms with Gasteiger partial charge < -0.3 is 25.2 Å². The zero-order valence-electron chi connectivity index (χ0n) is 15.9. The molecule has 0 heterocycles. The number of benzene rings is 1. The van der Waals surface area contributed by atoms with Crippen LogP contribution >= 0.6 is 0 Å². The molecule has 1 aromatic carbocycles. The third kappa shape index (κ3) is 9.31. The van der Waals surface area contributed by atoms with Crippen LogP contribution in [0.4, 0.5) is 0 Å². The summed E-state index contributed by atoms with van der Waals surface area (Å²) in [4.78, 5) is 4.60. The van der Waals surface area contributed by atoms with Crippen LogP contribution in [-0.4, -0.2) is 50.6 Å². The predicted molar refractivity (Wildman–Crippen MR) is 102 cm³/mol. The first-order chi connectivity index (χ1) is 12.1. The fourth-order valence-electron chi connectivity index (χ4n) is 2.04. The Morgan fingerprint density at radius 3 is 2.52 bits per heavy atom. The molecule has 0 aliphatic heterocycles. The highest BCUT2D eigenvalue weighted by molar-refractivity contribution is 5.79. The number of aliphatic imine (C=N–C) groups is 1. The van der Waals surface area contributed by atoms with E-state index < -0.39 is 6.10 Å². The Kier molecular flexibility index (Phi) is 10.7. The Morgan fingerprint density at radius 2 is 1.92 bits per heavy atom. The highest BCUT2D eigenvalue weighted by Crippen LogP contribution is 2.11. The maximum absolute atomic E-state index is 9.98. The Hall–Kier alpha value is -1.79. The molecule has 3 N–H and O–H groups in total. The largest absolute Gasteiger partial charge is 0.497 e. The first-order valence-corrected chi connectivity index (χ1v) is 8.97. The SMILES string of the molecule is CCOCCCNC(=NCc1ccc(OC)cc1)NCC(O)C(C)C. The number of methoxy groups -OCH3 is 1. The average molecular weight is 351 g/mol. The van der Waals surface area contributed by atoms with E-state index in [9.17, 15) is 5.11 Å². The summed E-state index contributed by atoms with van der Waals surface area (Å²) in [5, 5.41) is 16.5. The van der Waals surface area contributed by atoms with Gasteiger partial charge in [0, 0.05) is 26.3 Å². The summed E-state index contributed by atoms with van der Waals surface area (Å²) in [5.41, 5.74) is 1.10. The van der Waals surface area contributed by atoms with Gasteiger partial charge in [-0.25, -0.2) is 4.99 Å². The van der Waals surface area contributed by atoms with Crippen LogP contribution in [0.15, 0.2) is 29.3 Å². The topological polar surface area (TPSA) is 75.1 Å². The Morgan fingerprint density at radius 1 is 1.20 bits per heavy atom. The third-order valence-corrected chi connectivity index (χ3v) is 3.79.